The first-order valence-electron chi connectivity index (χ1n) is 24.3. The summed E-state index contributed by atoms with van der Waals surface area (Å²) >= 11 is 0.430. The molecule has 4 N–H and O–H groups in total. The van der Waals surface area contributed by atoms with Crippen LogP contribution in [0.1, 0.15) is 36.7 Å². The second-order valence-corrected chi connectivity index (χ2v) is 18.3. The van der Waals surface area contributed by atoms with Crippen LogP contribution in [0.15, 0.2) is 97.2 Å². The Morgan fingerprint density at radius 1 is 0.395 bits per heavy atom. The number of thiophene rings is 1. The number of carbonyl (C=O) groups is 3. The molecule has 0 aliphatic carbocycles. The fourth-order valence-electron chi connectivity index (χ4n) is 8.26. The number of benzene rings is 6. The van der Waals surface area contributed by atoms with Crippen molar-refractivity contribution in [2.45, 2.75) is 19.8 Å². The van der Waals surface area contributed by atoms with Gasteiger partial charge in [0.2, 0.25) is 0 Å². The summed E-state index contributed by atoms with van der Waals surface area (Å²) in [6, 6.07) is 5.54. The molecule has 0 aliphatic heterocycles. The van der Waals surface area contributed by atoms with Gasteiger partial charge in [-0.25, -0.2) is 79.8 Å². The van der Waals surface area contributed by atoms with Crippen molar-refractivity contribution in [2.75, 3.05) is 42.9 Å². The zero-order valence-corrected chi connectivity index (χ0v) is 44.7. The molecule has 440 valence electrons. The van der Waals surface area contributed by atoms with Crippen LogP contribution in [0.25, 0.3) is 33.1 Å². The maximum Gasteiger partial charge on any atom is 0.373 e. The van der Waals surface area contributed by atoms with Crippen molar-refractivity contribution in [2.24, 2.45) is 0 Å². The number of ether oxygens (including phenoxy) is 6. The number of fused-ring (bicyclic) bond motifs is 3. The first kappa shape index (κ1) is 58.2. The van der Waals surface area contributed by atoms with Crippen molar-refractivity contribution >= 4 is 85.2 Å². The molecule has 0 spiro atoms. The van der Waals surface area contributed by atoms with Crippen LogP contribution in [0.3, 0.4) is 0 Å². The molecule has 21 nitrogen and oxygen atoms in total. The van der Waals surface area contributed by atoms with Gasteiger partial charge >= 0.3 is 18.0 Å². The van der Waals surface area contributed by atoms with Crippen molar-refractivity contribution in [1.29, 1.82) is 0 Å². The number of carbonyl (C=O) groups excluding carboxylic acids is 3. The molecule has 6 aromatic carbocycles. The van der Waals surface area contributed by atoms with Gasteiger partial charge in [0, 0.05) is 97.2 Å². The molecule has 86 heavy (non-hydrogen) atoms. The maximum atomic E-state index is 15.7. The molecular weight excluding hydrogens is 1180 g/mol. The number of amides is 2. The number of methoxy groups -OCH3 is 3. The van der Waals surface area contributed by atoms with E-state index in [0.717, 1.165) is 63.1 Å². The van der Waals surface area contributed by atoms with E-state index in [1.165, 1.54) is 37.2 Å². The summed E-state index contributed by atoms with van der Waals surface area (Å²) in [6.45, 7) is -1.92. The number of hydrogen-bond acceptors (Lipinski definition) is 20. The van der Waals surface area contributed by atoms with Crippen LogP contribution in [0.4, 0.5) is 67.1 Å². The molecular formula is C55H35F9N10O11S. The quantitative estimate of drug-likeness (QED) is 0.0409. The Balaban J connectivity index is 0.913. The van der Waals surface area contributed by atoms with Crippen molar-refractivity contribution in [3.63, 3.8) is 0 Å². The van der Waals surface area contributed by atoms with E-state index in [-0.39, 0.29) is 84.3 Å². The van der Waals surface area contributed by atoms with E-state index in [4.69, 9.17) is 38.1 Å². The molecule has 0 saturated carbocycles. The minimum atomic E-state index is -1.56. The fraction of sp³-hybridized carbons (Fsp3) is 0.109. The van der Waals surface area contributed by atoms with E-state index in [0.29, 0.717) is 29.5 Å². The Kier molecular flexibility index (Phi) is 16.8. The Hall–Kier alpha value is -11.0. The standard InChI is InChI=1S/C55H35F9N10O11S/c1-78-39-13-29(59)35(16-42(39)81-19-23-26(56)10-32(62)49-46(23)65-4-7-68-49)71-55(77)72-38-22-86-52(54(76)85-74-37-18-44(41(80-3)15-31(37)61)83-21-25-28(58)12-34(64)51-48(25)67-6-9-70-51)45(38)53(75)84-73-36-17-43(40(79-2)14-30(36)60)82-20-24-27(57)11-33(63)50-47(24)66-5-8-69-50/h4-18,22,73-74H,19-21H2,1-3H3,(H2,71,72,77). The molecule has 10 aromatic rings. The second kappa shape index (κ2) is 24.9. The third kappa shape index (κ3) is 12.0. The number of nitrogens with zero attached hydrogens (tertiary/aromatic N) is 6. The molecule has 4 heterocycles. The lowest BCUT2D eigenvalue weighted by molar-refractivity contribution is 0.0555. The second-order valence-electron chi connectivity index (χ2n) is 17.4. The minimum absolute atomic E-state index is 0.185. The molecule has 0 saturated heterocycles. The van der Waals surface area contributed by atoms with Gasteiger partial charge in [0.1, 0.15) is 92.2 Å². The topological polar surface area (TPSA) is 251 Å². The SMILES string of the molecule is COc1cc(F)c(NOC(=O)c2scc(NC(=O)Nc3cc(OCc4c(F)cc(F)c5nccnc45)c(OC)cc3F)c2C(=O)ONc2cc(OCc3c(F)cc(F)c4nccnc34)c(OC)cc2F)cc1OCc1c(F)cc(F)c2nccnc12. The van der Waals surface area contributed by atoms with E-state index in [1.54, 1.807) is 0 Å². The van der Waals surface area contributed by atoms with Gasteiger partial charge in [0.05, 0.1) is 49.4 Å². The summed E-state index contributed by atoms with van der Waals surface area (Å²) in [5.74, 6) is -14.2. The van der Waals surface area contributed by atoms with Gasteiger partial charge < -0.3 is 48.7 Å². The van der Waals surface area contributed by atoms with Crippen molar-refractivity contribution in [1.82, 2.24) is 29.9 Å². The number of rotatable bonds is 20. The van der Waals surface area contributed by atoms with Crippen LogP contribution in [0.2, 0.25) is 0 Å². The summed E-state index contributed by atoms with van der Waals surface area (Å²) in [6.07, 6.45) is 7.12. The summed E-state index contributed by atoms with van der Waals surface area (Å²) in [5, 5.41) is 5.47. The molecule has 31 heteroatoms. The van der Waals surface area contributed by atoms with E-state index in [1.807, 2.05) is 0 Å². The van der Waals surface area contributed by atoms with Gasteiger partial charge in [0.15, 0.2) is 69.4 Å². The lowest BCUT2D eigenvalue weighted by Crippen LogP contribution is -2.23. The van der Waals surface area contributed by atoms with Crippen LogP contribution in [0.5, 0.6) is 34.5 Å². The molecule has 0 atom stereocenters. The molecule has 0 fully saturated rings. The predicted octanol–water partition coefficient (Wildman–Crippen LogP) is 11.6. The van der Waals surface area contributed by atoms with Crippen LogP contribution in [0, 0.1) is 52.4 Å². The van der Waals surface area contributed by atoms with Gasteiger partial charge in [-0.1, -0.05) is 0 Å². The Bertz CT molecular complexity index is 4340. The lowest BCUT2D eigenvalue weighted by Gasteiger charge is -2.16. The third-order valence-corrected chi connectivity index (χ3v) is 13.3. The zero-order valence-electron chi connectivity index (χ0n) is 43.8. The van der Waals surface area contributed by atoms with Gasteiger partial charge in [0.25, 0.3) is 0 Å². The largest absolute Gasteiger partial charge is 0.493 e. The van der Waals surface area contributed by atoms with Crippen LogP contribution in [-0.2, 0) is 29.5 Å². The molecule has 4 aromatic heterocycles. The molecule has 0 bridgehead atoms. The van der Waals surface area contributed by atoms with Gasteiger partial charge in [-0.3, -0.25) is 15.0 Å². The number of nitrogens with one attached hydrogen (secondary N) is 4. The lowest BCUT2D eigenvalue weighted by atomic mass is 10.1. The van der Waals surface area contributed by atoms with E-state index in [9.17, 15) is 27.6 Å². The van der Waals surface area contributed by atoms with Crippen LogP contribution < -0.4 is 50.0 Å². The highest BCUT2D eigenvalue weighted by Gasteiger charge is 2.30. The summed E-state index contributed by atoms with van der Waals surface area (Å²) in [7, 11) is 3.44. The summed E-state index contributed by atoms with van der Waals surface area (Å²) in [4.78, 5) is 75.2. The van der Waals surface area contributed by atoms with Crippen LogP contribution in [-0.4, -0.2) is 69.2 Å². The van der Waals surface area contributed by atoms with E-state index < -0.39 is 123 Å². The van der Waals surface area contributed by atoms with Gasteiger partial charge in [-0.05, 0) is 0 Å². The van der Waals surface area contributed by atoms with Gasteiger partial charge in [-0.2, -0.15) is 0 Å². The van der Waals surface area contributed by atoms with Crippen molar-refractivity contribution in [3.05, 3.63) is 177 Å². The number of halogens is 9. The number of aromatic nitrogens is 6. The molecule has 10 rings (SSSR count). The zero-order chi connectivity index (χ0) is 60.9. The average Bonchev–Trinajstić information content (AvgIpc) is 1.99. The highest BCUT2D eigenvalue weighted by atomic mass is 32.1. The normalized spacial score (nSPS) is 11.1. The Morgan fingerprint density at radius 3 is 1.12 bits per heavy atom. The highest BCUT2D eigenvalue weighted by Crippen LogP contribution is 2.39. The third-order valence-electron chi connectivity index (χ3n) is 12.3. The Morgan fingerprint density at radius 2 is 0.733 bits per heavy atom. The monoisotopic (exact) mass is 1210 g/mol. The molecule has 0 unspecified atom stereocenters. The van der Waals surface area contributed by atoms with E-state index in [2.05, 4.69) is 51.5 Å². The first-order valence-corrected chi connectivity index (χ1v) is 25.2. The summed E-state index contributed by atoms with van der Waals surface area (Å²) < 4.78 is 169. The van der Waals surface area contributed by atoms with Crippen LogP contribution >= 0.6 is 11.3 Å². The number of hydrogen-bond donors (Lipinski definition) is 4. The van der Waals surface area contributed by atoms with Gasteiger partial charge in [-0.15, -0.1) is 11.3 Å². The summed E-state index contributed by atoms with van der Waals surface area (Å²) in [5.41, 5.74) is -1.26. The number of anilines is 4. The average molecular weight is 1210 g/mol. The number of urea groups is 1. The fourth-order valence-corrected chi connectivity index (χ4v) is 9.12. The molecule has 2 amide bonds. The molecule has 0 aliphatic rings. The maximum absolute atomic E-state index is 15.7. The predicted molar refractivity (Wildman–Crippen MR) is 285 cm³/mol. The minimum Gasteiger partial charge on any atom is -0.493 e. The first-order chi connectivity index (χ1) is 41.4. The molecule has 0 radical (unpaired) electrons. The van der Waals surface area contributed by atoms with Crippen molar-refractivity contribution in [3.8, 4) is 34.5 Å². The Labute approximate surface area is 479 Å². The van der Waals surface area contributed by atoms with E-state index >= 15 is 26.3 Å². The highest BCUT2D eigenvalue weighted by molar-refractivity contribution is 7.13. The smallest absolute Gasteiger partial charge is 0.373 e. The van der Waals surface area contributed by atoms with Crippen molar-refractivity contribution < 1.29 is 92.0 Å².